The number of carbonyl (C=O) groups excluding carboxylic acids is 1. The third-order valence-corrected chi connectivity index (χ3v) is 3.12. The van der Waals surface area contributed by atoms with Crippen LogP contribution in [0.3, 0.4) is 0 Å². The van der Waals surface area contributed by atoms with Crippen molar-refractivity contribution in [2.75, 3.05) is 12.3 Å². The van der Waals surface area contributed by atoms with Gasteiger partial charge in [0.1, 0.15) is 0 Å². The van der Waals surface area contributed by atoms with Gasteiger partial charge in [-0.25, -0.2) is 0 Å². The standard InChI is InChI=1S/C13H16F3NOS/c1-12(2,11(18)17-7-8-19)9-3-5-10(6-4-9)13(14,15)16/h3-6,19H,7-8H2,1-2H3,(H,17,18). The van der Waals surface area contributed by atoms with E-state index in [0.29, 0.717) is 17.9 Å². The fourth-order valence-electron chi connectivity index (χ4n) is 1.60. The molecule has 0 unspecified atom stereocenters. The van der Waals surface area contributed by atoms with Gasteiger partial charge in [0.05, 0.1) is 11.0 Å². The Bertz CT molecular complexity index is 440. The van der Waals surface area contributed by atoms with Gasteiger partial charge >= 0.3 is 6.18 Å². The lowest BCUT2D eigenvalue weighted by atomic mass is 9.83. The summed E-state index contributed by atoms with van der Waals surface area (Å²) in [6.07, 6.45) is -4.36. The van der Waals surface area contributed by atoms with E-state index in [1.54, 1.807) is 13.8 Å². The van der Waals surface area contributed by atoms with Crippen molar-refractivity contribution in [2.45, 2.75) is 25.4 Å². The first-order valence-electron chi connectivity index (χ1n) is 5.76. The second-order valence-corrected chi connectivity index (χ2v) is 5.13. The minimum Gasteiger partial charge on any atom is -0.355 e. The minimum atomic E-state index is -4.36. The first-order chi connectivity index (χ1) is 8.69. The summed E-state index contributed by atoms with van der Waals surface area (Å²) in [5, 5.41) is 2.68. The number of benzene rings is 1. The molecular formula is C13H16F3NOS. The molecule has 0 fully saturated rings. The van der Waals surface area contributed by atoms with Gasteiger partial charge in [-0.1, -0.05) is 12.1 Å². The predicted molar refractivity (Wildman–Crippen MR) is 71.3 cm³/mol. The van der Waals surface area contributed by atoms with Crippen LogP contribution in [-0.4, -0.2) is 18.2 Å². The third kappa shape index (κ3) is 3.89. The topological polar surface area (TPSA) is 29.1 Å². The molecule has 106 valence electrons. The Balaban J connectivity index is 2.93. The SMILES string of the molecule is CC(C)(C(=O)NCCS)c1ccc(C(F)(F)F)cc1. The maximum absolute atomic E-state index is 12.5. The van der Waals surface area contributed by atoms with Crippen LogP contribution >= 0.6 is 12.6 Å². The Morgan fingerprint density at radius 2 is 1.63 bits per heavy atom. The summed E-state index contributed by atoms with van der Waals surface area (Å²) >= 11 is 3.98. The summed E-state index contributed by atoms with van der Waals surface area (Å²) in [6.45, 7) is 3.76. The molecule has 0 heterocycles. The molecule has 0 bridgehead atoms. The second-order valence-electron chi connectivity index (χ2n) is 4.68. The molecule has 6 heteroatoms. The van der Waals surface area contributed by atoms with Gasteiger partial charge in [0.25, 0.3) is 0 Å². The first kappa shape index (κ1) is 15.9. The lowest BCUT2D eigenvalue weighted by molar-refractivity contribution is -0.137. The zero-order valence-electron chi connectivity index (χ0n) is 10.7. The number of hydrogen-bond donors (Lipinski definition) is 2. The van der Waals surface area contributed by atoms with Crippen LogP contribution < -0.4 is 5.32 Å². The van der Waals surface area contributed by atoms with Crippen LogP contribution in [0.1, 0.15) is 25.0 Å². The lowest BCUT2D eigenvalue weighted by Crippen LogP contribution is -2.40. The van der Waals surface area contributed by atoms with E-state index in [1.165, 1.54) is 12.1 Å². The molecule has 0 spiro atoms. The summed E-state index contributed by atoms with van der Waals surface area (Å²) in [5.74, 6) is 0.274. The van der Waals surface area contributed by atoms with Crippen LogP contribution in [0.4, 0.5) is 13.2 Å². The number of rotatable bonds is 4. The lowest BCUT2D eigenvalue weighted by Gasteiger charge is -2.24. The van der Waals surface area contributed by atoms with Crippen molar-refractivity contribution in [1.82, 2.24) is 5.32 Å². The average Bonchev–Trinajstić information content (AvgIpc) is 2.35. The molecule has 1 aromatic carbocycles. The van der Waals surface area contributed by atoms with E-state index in [0.717, 1.165) is 12.1 Å². The number of thiol groups is 1. The fourth-order valence-corrected chi connectivity index (χ4v) is 1.71. The Morgan fingerprint density at radius 1 is 1.16 bits per heavy atom. The van der Waals surface area contributed by atoms with Gasteiger partial charge in [-0.2, -0.15) is 25.8 Å². The van der Waals surface area contributed by atoms with Crippen LogP contribution in [0.25, 0.3) is 0 Å². The number of alkyl halides is 3. The van der Waals surface area contributed by atoms with Gasteiger partial charge in [0.15, 0.2) is 0 Å². The summed E-state index contributed by atoms with van der Waals surface area (Å²) in [4.78, 5) is 11.9. The van der Waals surface area contributed by atoms with Gasteiger partial charge in [0, 0.05) is 12.3 Å². The molecule has 1 amide bonds. The molecule has 2 nitrogen and oxygen atoms in total. The molecule has 0 aliphatic heterocycles. The van der Waals surface area contributed by atoms with Crippen molar-refractivity contribution in [3.63, 3.8) is 0 Å². The van der Waals surface area contributed by atoms with Crippen molar-refractivity contribution < 1.29 is 18.0 Å². The molecule has 1 aromatic rings. The average molecular weight is 291 g/mol. The molecule has 0 saturated carbocycles. The number of nitrogens with one attached hydrogen (secondary N) is 1. The van der Waals surface area contributed by atoms with Crippen molar-refractivity contribution in [3.05, 3.63) is 35.4 Å². The van der Waals surface area contributed by atoms with E-state index >= 15 is 0 Å². The number of carbonyl (C=O) groups is 1. The number of halogens is 3. The van der Waals surface area contributed by atoms with Crippen LogP contribution in [-0.2, 0) is 16.4 Å². The largest absolute Gasteiger partial charge is 0.416 e. The van der Waals surface area contributed by atoms with E-state index in [9.17, 15) is 18.0 Å². The summed E-state index contributed by atoms with van der Waals surface area (Å²) < 4.78 is 37.4. The minimum absolute atomic E-state index is 0.235. The van der Waals surface area contributed by atoms with Crippen molar-refractivity contribution in [3.8, 4) is 0 Å². The molecule has 0 saturated heterocycles. The van der Waals surface area contributed by atoms with Crippen molar-refractivity contribution >= 4 is 18.5 Å². The molecule has 0 aromatic heterocycles. The van der Waals surface area contributed by atoms with Crippen LogP contribution in [0, 0.1) is 0 Å². The summed E-state index contributed by atoms with van der Waals surface area (Å²) in [7, 11) is 0. The summed E-state index contributed by atoms with van der Waals surface area (Å²) in [5.41, 5.74) is -1.06. The van der Waals surface area contributed by atoms with E-state index in [2.05, 4.69) is 17.9 Å². The van der Waals surface area contributed by atoms with E-state index in [4.69, 9.17) is 0 Å². The van der Waals surface area contributed by atoms with E-state index in [1.807, 2.05) is 0 Å². The number of amides is 1. The highest BCUT2D eigenvalue weighted by molar-refractivity contribution is 7.80. The van der Waals surface area contributed by atoms with Gasteiger partial charge in [-0.3, -0.25) is 4.79 Å². The summed E-state index contributed by atoms with van der Waals surface area (Å²) in [6, 6.07) is 4.65. The van der Waals surface area contributed by atoms with E-state index < -0.39 is 17.2 Å². The third-order valence-electron chi connectivity index (χ3n) is 2.90. The molecule has 0 aliphatic carbocycles. The molecule has 0 radical (unpaired) electrons. The van der Waals surface area contributed by atoms with Crippen molar-refractivity contribution in [2.24, 2.45) is 0 Å². The second kappa shape index (κ2) is 5.86. The van der Waals surface area contributed by atoms with Gasteiger partial charge in [0.2, 0.25) is 5.91 Å². The quantitative estimate of drug-likeness (QED) is 0.820. The van der Waals surface area contributed by atoms with Crippen LogP contribution in [0.15, 0.2) is 24.3 Å². The maximum atomic E-state index is 12.5. The highest BCUT2D eigenvalue weighted by atomic mass is 32.1. The Morgan fingerprint density at radius 3 is 2.05 bits per heavy atom. The first-order valence-corrected chi connectivity index (χ1v) is 6.39. The van der Waals surface area contributed by atoms with Crippen LogP contribution in [0.2, 0.25) is 0 Å². The molecular weight excluding hydrogens is 275 g/mol. The molecule has 0 aliphatic rings. The van der Waals surface area contributed by atoms with Crippen molar-refractivity contribution in [1.29, 1.82) is 0 Å². The highest BCUT2D eigenvalue weighted by Crippen LogP contribution is 2.31. The molecule has 1 N–H and O–H groups in total. The normalized spacial score (nSPS) is 12.3. The fraction of sp³-hybridized carbons (Fsp3) is 0.462. The van der Waals surface area contributed by atoms with Gasteiger partial charge in [-0.15, -0.1) is 0 Å². The predicted octanol–water partition coefficient (Wildman–Crippen LogP) is 3.03. The Hall–Kier alpha value is -1.17. The number of hydrogen-bond acceptors (Lipinski definition) is 2. The Labute approximate surface area is 115 Å². The molecule has 19 heavy (non-hydrogen) atoms. The van der Waals surface area contributed by atoms with Gasteiger partial charge < -0.3 is 5.32 Å². The zero-order chi connectivity index (χ0) is 14.7. The van der Waals surface area contributed by atoms with Crippen LogP contribution in [0.5, 0.6) is 0 Å². The van der Waals surface area contributed by atoms with E-state index in [-0.39, 0.29) is 5.91 Å². The Kier molecular flexibility index (Phi) is 4.90. The molecule has 1 rings (SSSR count). The monoisotopic (exact) mass is 291 g/mol. The maximum Gasteiger partial charge on any atom is 0.416 e. The smallest absolute Gasteiger partial charge is 0.355 e. The van der Waals surface area contributed by atoms with Gasteiger partial charge in [-0.05, 0) is 31.5 Å². The highest BCUT2D eigenvalue weighted by Gasteiger charge is 2.33. The molecule has 0 atom stereocenters. The zero-order valence-corrected chi connectivity index (χ0v) is 11.6.